The molecule has 0 unspecified atom stereocenters. The molecule has 1 saturated heterocycles. The fourth-order valence-corrected chi connectivity index (χ4v) is 5.73. The number of anilines is 2. The van der Waals surface area contributed by atoms with Gasteiger partial charge in [-0.15, -0.1) is 11.3 Å². The van der Waals surface area contributed by atoms with E-state index < -0.39 is 17.5 Å². The van der Waals surface area contributed by atoms with Crippen molar-refractivity contribution in [2.75, 3.05) is 18.4 Å². The summed E-state index contributed by atoms with van der Waals surface area (Å²) < 4.78 is 39.0. The Labute approximate surface area is 210 Å². The first-order chi connectivity index (χ1) is 17.1. The second-order valence-electron chi connectivity index (χ2n) is 9.49. The number of carbonyl (C=O) groups excluding carboxylic acids is 1. The minimum absolute atomic E-state index is 0.0338. The monoisotopic (exact) mass is 517 g/mol. The van der Waals surface area contributed by atoms with Gasteiger partial charge in [0.2, 0.25) is 11.9 Å². The van der Waals surface area contributed by atoms with E-state index in [0.717, 1.165) is 47.8 Å². The number of aromatic nitrogens is 3. The Kier molecular flexibility index (Phi) is 6.46. The summed E-state index contributed by atoms with van der Waals surface area (Å²) in [5, 5.41) is 14.8. The lowest BCUT2D eigenvalue weighted by Gasteiger charge is -2.38. The first-order valence-corrected chi connectivity index (χ1v) is 12.7. The number of hydrogen-bond acceptors (Lipinski definition) is 7. The predicted octanol–water partition coefficient (Wildman–Crippen LogP) is 5.28. The van der Waals surface area contributed by atoms with Crippen molar-refractivity contribution in [3.8, 4) is 10.4 Å². The lowest BCUT2D eigenvalue weighted by Crippen LogP contribution is -2.47. The number of amides is 1. The van der Waals surface area contributed by atoms with Gasteiger partial charge in [0.05, 0.1) is 4.88 Å². The minimum atomic E-state index is -4.56. The van der Waals surface area contributed by atoms with E-state index in [0.29, 0.717) is 36.4 Å². The molecule has 2 fully saturated rings. The number of nitrogens with zero attached hydrogens (tertiary/aromatic N) is 4. The zero-order chi connectivity index (χ0) is 25.5. The van der Waals surface area contributed by atoms with E-state index in [9.17, 15) is 23.1 Å². The molecule has 1 aliphatic heterocycles. The number of likely N-dealkylation sites (tertiary alicyclic amines) is 1. The van der Waals surface area contributed by atoms with E-state index in [1.807, 2.05) is 17.9 Å². The third kappa shape index (κ3) is 5.08. The molecular weight excluding hydrogens is 491 g/mol. The van der Waals surface area contributed by atoms with Gasteiger partial charge in [0.15, 0.2) is 0 Å². The molecule has 0 spiro atoms. The average molecular weight is 518 g/mol. The SMILES string of the molecule is Cc1cc(Nc2nccc(C(F)(F)F)n2)cc(-c2cnc(C3(O)CCC(C(=O)N4CCC4)CC3)s2)c1. The van der Waals surface area contributed by atoms with Crippen LogP contribution in [0.4, 0.5) is 24.8 Å². The van der Waals surface area contributed by atoms with Crippen molar-refractivity contribution in [2.24, 2.45) is 5.92 Å². The number of carbonyl (C=O) groups is 1. The second kappa shape index (κ2) is 9.44. The van der Waals surface area contributed by atoms with E-state index in [2.05, 4.69) is 20.3 Å². The molecule has 190 valence electrons. The molecule has 3 heterocycles. The van der Waals surface area contributed by atoms with Crippen molar-refractivity contribution >= 4 is 28.9 Å². The van der Waals surface area contributed by atoms with Gasteiger partial charge >= 0.3 is 6.18 Å². The molecule has 3 aromatic rings. The van der Waals surface area contributed by atoms with Gasteiger partial charge in [-0.2, -0.15) is 13.2 Å². The lowest BCUT2D eigenvalue weighted by atomic mass is 9.78. The maximum absolute atomic E-state index is 13.0. The summed E-state index contributed by atoms with van der Waals surface area (Å²) in [7, 11) is 0. The number of halogens is 3. The summed E-state index contributed by atoms with van der Waals surface area (Å²) in [4.78, 5) is 27.2. The molecule has 1 saturated carbocycles. The quantitative estimate of drug-likeness (QED) is 0.479. The fraction of sp³-hybridized carbons (Fsp3) is 0.440. The molecule has 0 bridgehead atoms. The zero-order valence-electron chi connectivity index (χ0n) is 19.7. The molecule has 1 aliphatic carbocycles. The number of benzene rings is 1. The number of nitrogens with one attached hydrogen (secondary N) is 1. The van der Waals surface area contributed by atoms with E-state index in [1.54, 1.807) is 18.3 Å². The van der Waals surface area contributed by atoms with Crippen molar-refractivity contribution in [3.05, 3.63) is 52.9 Å². The molecule has 36 heavy (non-hydrogen) atoms. The number of aliphatic hydroxyl groups is 1. The molecule has 1 amide bonds. The van der Waals surface area contributed by atoms with Crippen LogP contribution in [0, 0.1) is 12.8 Å². The normalized spacial score (nSPS) is 22.2. The Bertz CT molecular complexity index is 1270. The van der Waals surface area contributed by atoms with Gasteiger partial charge in [0.1, 0.15) is 16.3 Å². The Balaban J connectivity index is 1.31. The molecular formula is C25H26F3N5O2S. The number of rotatable bonds is 5. The third-order valence-electron chi connectivity index (χ3n) is 6.80. The summed E-state index contributed by atoms with van der Waals surface area (Å²) in [5.41, 5.74) is 0.169. The van der Waals surface area contributed by atoms with E-state index >= 15 is 0 Å². The van der Waals surface area contributed by atoms with Gasteiger partial charge < -0.3 is 15.3 Å². The molecule has 1 aromatic carbocycles. The van der Waals surface area contributed by atoms with Crippen molar-refractivity contribution in [1.82, 2.24) is 19.9 Å². The summed E-state index contributed by atoms with van der Waals surface area (Å²) in [5.74, 6) is 0.0198. The number of hydrogen-bond donors (Lipinski definition) is 2. The number of alkyl halides is 3. The van der Waals surface area contributed by atoms with E-state index in [1.165, 1.54) is 11.3 Å². The molecule has 0 radical (unpaired) electrons. The highest BCUT2D eigenvalue weighted by molar-refractivity contribution is 7.15. The van der Waals surface area contributed by atoms with Gasteiger partial charge in [-0.1, -0.05) is 6.07 Å². The lowest BCUT2D eigenvalue weighted by molar-refractivity contribution is -0.142. The highest BCUT2D eigenvalue weighted by Crippen LogP contribution is 2.43. The molecule has 2 aromatic heterocycles. The Morgan fingerprint density at radius 2 is 1.94 bits per heavy atom. The van der Waals surface area contributed by atoms with Crippen LogP contribution in [0.25, 0.3) is 10.4 Å². The molecule has 11 heteroatoms. The Morgan fingerprint density at radius 3 is 2.61 bits per heavy atom. The van der Waals surface area contributed by atoms with Gasteiger partial charge in [0.25, 0.3) is 0 Å². The average Bonchev–Trinajstić information content (AvgIpc) is 3.29. The third-order valence-corrected chi connectivity index (χ3v) is 8.04. The largest absolute Gasteiger partial charge is 0.433 e. The van der Waals surface area contributed by atoms with Crippen molar-refractivity contribution in [2.45, 2.75) is 50.8 Å². The molecule has 2 N–H and O–H groups in total. The first kappa shape index (κ1) is 24.6. The first-order valence-electron chi connectivity index (χ1n) is 11.9. The minimum Gasteiger partial charge on any atom is -0.383 e. The van der Waals surface area contributed by atoms with Crippen molar-refractivity contribution in [1.29, 1.82) is 0 Å². The molecule has 7 nitrogen and oxygen atoms in total. The molecule has 2 aliphatic rings. The van der Waals surface area contributed by atoms with Gasteiger partial charge in [-0.3, -0.25) is 4.79 Å². The maximum Gasteiger partial charge on any atom is 0.433 e. The summed E-state index contributed by atoms with van der Waals surface area (Å²) in [6.07, 6.45) is 1.51. The van der Waals surface area contributed by atoms with E-state index in [-0.39, 0.29) is 17.8 Å². The fourth-order valence-electron chi connectivity index (χ4n) is 4.68. The van der Waals surface area contributed by atoms with Gasteiger partial charge in [0, 0.05) is 37.1 Å². The van der Waals surface area contributed by atoms with Crippen LogP contribution in [0.3, 0.4) is 0 Å². The number of aryl methyl sites for hydroxylation is 1. The van der Waals surface area contributed by atoms with Crippen LogP contribution in [0.2, 0.25) is 0 Å². The van der Waals surface area contributed by atoms with Gasteiger partial charge in [-0.05, 0) is 68.4 Å². The van der Waals surface area contributed by atoms with Crippen LogP contribution < -0.4 is 5.32 Å². The Morgan fingerprint density at radius 1 is 1.19 bits per heavy atom. The summed E-state index contributed by atoms with van der Waals surface area (Å²) in [6, 6.07) is 6.35. The zero-order valence-corrected chi connectivity index (χ0v) is 20.5. The van der Waals surface area contributed by atoms with Crippen LogP contribution in [-0.2, 0) is 16.6 Å². The maximum atomic E-state index is 13.0. The number of thiazole rings is 1. The molecule has 0 atom stereocenters. The standard InChI is InChI=1S/C25H26F3N5O2S/c1-15-11-17(13-18(12-15)31-23-29-8-5-20(32-23)25(26,27)28)19-14-30-22(36-19)24(35)6-3-16(4-7-24)21(34)33-9-2-10-33/h5,8,11-14,16,35H,2-4,6-7,9-10H2,1H3,(H,29,31,32). The summed E-state index contributed by atoms with van der Waals surface area (Å²) >= 11 is 1.39. The van der Waals surface area contributed by atoms with Crippen LogP contribution in [-0.4, -0.2) is 44.0 Å². The van der Waals surface area contributed by atoms with Crippen molar-refractivity contribution in [3.63, 3.8) is 0 Å². The molecule has 5 rings (SSSR count). The summed E-state index contributed by atoms with van der Waals surface area (Å²) in [6.45, 7) is 3.55. The van der Waals surface area contributed by atoms with E-state index in [4.69, 9.17) is 0 Å². The topological polar surface area (TPSA) is 91.2 Å². The van der Waals surface area contributed by atoms with Crippen LogP contribution >= 0.6 is 11.3 Å². The van der Waals surface area contributed by atoms with Crippen LogP contribution in [0.1, 0.15) is 48.4 Å². The van der Waals surface area contributed by atoms with Gasteiger partial charge in [-0.25, -0.2) is 15.0 Å². The van der Waals surface area contributed by atoms with Crippen LogP contribution in [0.5, 0.6) is 0 Å². The highest BCUT2D eigenvalue weighted by Gasteiger charge is 2.41. The van der Waals surface area contributed by atoms with Crippen molar-refractivity contribution < 1.29 is 23.1 Å². The Hall–Kier alpha value is -3.05. The van der Waals surface area contributed by atoms with Crippen LogP contribution in [0.15, 0.2) is 36.7 Å². The predicted molar refractivity (Wildman–Crippen MR) is 130 cm³/mol. The highest BCUT2D eigenvalue weighted by atomic mass is 32.1. The smallest absolute Gasteiger partial charge is 0.383 e. The second-order valence-corrected chi connectivity index (χ2v) is 10.5.